The van der Waals surface area contributed by atoms with Gasteiger partial charge < -0.3 is 0 Å². The normalized spacial score (nSPS) is 13.1. The van der Waals surface area contributed by atoms with Gasteiger partial charge in [0.2, 0.25) is 10.0 Å². The second-order valence-corrected chi connectivity index (χ2v) is 7.62. The van der Waals surface area contributed by atoms with E-state index >= 15 is 0 Å². The Hall–Kier alpha value is -1.38. The number of aryl methyl sites for hydroxylation is 1. The number of hydrogen-bond acceptors (Lipinski definition) is 3. The largest absolute Gasteiger partial charge is 0.241 e. The van der Waals surface area contributed by atoms with Crippen molar-refractivity contribution < 1.29 is 8.42 Å². The molecular weight excluding hydrogens is 284 g/mol. The summed E-state index contributed by atoms with van der Waals surface area (Å²) >= 11 is 0. The number of rotatable bonds is 7. The van der Waals surface area contributed by atoms with Crippen molar-refractivity contribution in [3.8, 4) is 6.07 Å². The first-order chi connectivity index (χ1) is 9.76. The van der Waals surface area contributed by atoms with E-state index in [9.17, 15) is 8.42 Å². The Morgan fingerprint density at radius 3 is 2.48 bits per heavy atom. The summed E-state index contributed by atoms with van der Waals surface area (Å²) in [6.45, 7) is 7.93. The van der Waals surface area contributed by atoms with Crippen molar-refractivity contribution in [2.75, 3.05) is 0 Å². The van der Waals surface area contributed by atoms with Gasteiger partial charge in [0.05, 0.1) is 16.5 Å². The molecule has 4 nitrogen and oxygen atoms in total. The molecule has 1 rings (SSSR count). The van der Waals surface area contributed by atoms with Crippen molar-refractivity contribution in [3.63, 3.8) is 0 Å². The van der Waals surface area contributed by atoms with Crippen LogP contribution in [0.2, 0.25) is 0 Å². The molecule has 1 N–H and O–H groups in total. The maximum absolute atomic E-state index is 12.4. The van der Waals surface area contributed by atoms with Crippen LogP contribution in [0.25, 0.3) is 0 Å². The molecule has 0 spiro atoms. The lowest BCUT2D eigenvalue weighted by molar-refractivity contribution is 0.488. The van der Waals surface area contributed by atoms with Crippen molar-refractivity contribution in [1.29, 1.82) is 5.26 Å². The highest BCUT2D eigenvalue weighted by molar-refractivity contribution is 7.89. The quantitative estimate of drug-likeness (QED) is 0.839. The Labute approximate surface area is 128 Å². The molecule has 21 heavy (non-hydrogen) atoms. The molecule has 0 saturated carbocycles. The van der Waals surface area contributed by atoms with Crippen LogP contribution in [0.1, 0.15) is 51.2 Å². The summed E-state index contributed by atoms with van der Waals surface area (Å²) in [6.07, 6.45) is 2.90. The van der Waals surface area contributed by atoms with Crippen LogP contribution >= 0.6 is 0 Å². The lowest BCUT2D eigenvalue weighted by Crippen LogP contribution is -2.33. The highest BCUT2D eigenvalue weighted by Crippen LogP contribution is 2.18. The molecule has 1 unspecified atom stereocenters. The van der Waals surface area contributed by atoms with Gasteiger partial charge in [-0.05, 0) is 43.9 Å². The molecular formula is C16H24N2O2S. The van der Waals surface area contributed by atoms with Gasteiger partial charge in [0.25, 0.3) is 0 Å². The highest BCUT2D eigenvalue weighted by atomic mass is 32.2. The first kappa shape index (κ1) is 17.7. The van der Waals surface area contributed by atoms with Crippen molar-refractivity contribution >= 4 is 10.0 Å². The summed E-state index contributed by atoms with van der Waals surface area (Å²) in [6, 6.07) is 6.58. The number of benzene rings is 1. The van der Waals surface area contributed by atoms with Crippen LogP contribution in [0, 0.1) is 24.2 Å². The molecule has 0 aromatic heterocycles. The predicted octanol–water partition coefficient (Wildman–Crippen LogP) is 3.36. The van der Waals surface area contributed by atoms with E-state index in [4.69, 9.17) is 5.26 Å². The van der Waals surface area contributed by atoms with Gasteiger partial charge in [-0.25, -0.2) is 13.1 Å². The first-order valence-electron chi connectivity index (χ1n) is 7.29. The van der Waals surface area contributed by atoms with Gasteiger partial charge in [-0.15, -0.1) is 0 Å². The maximum atomic E-state index is 12.4. The predicted molar refractivity (Wildman–Crippen MR) is 84.4 cm³/mol. The van der Waals surface area contributed by atoms with Crippen LogP contribution in [0.5, 0.6) is 0 Å². The van der Waals surface area contributed by atoms with E-state index in [1.54, 1.807) is 19.1 Å². The van der Waals surface area contributed by atoms with Crippen molar-refractivity contribution in [3.05, 3.63) is 29.3 Å². The average Bonchev–Trinajstić information content (AvgIpc) is 2.38. The minimum absolute atomic E-state index is 0.112. The molecule has 5 heteroatoms. The molecule has 0 fully saturated rings. The van der Waals surface area contributed by atoms with Crippen molar-refractivity contribution in [2.24, 2.45) is 5.92 Å². The third kappa shape index (κ3) is 5.49. The molecule has 1 aromatic carbocycles. The summed E-state index contributed by atoms with van der Waals surface area (Å²) < 4.78 is 27.5. The summed E-state index contributed by atoms with van der Waals surface area (Å²) in [5.74, 6) is 0.628. The topological polar surface area (TPSA) is 70.0 Å². The van der Waals surface area contributed by atoms with Gasteiger partial charge in [-0.2, -0.15) is 5.26 Å². The van der Waals surface area contributed by atoms with E-state index in [0.717, 1.165) is 19.3 Å². The molecule has 0 saturated heterocycles. The molecule has 1 aromatic rings. The van der Waals surface area contributed by atoms with E-state index in [0.29, 0.717) is 17.0 Å². The Balaban J connectivity index is 2.80. The van der Waals surface area contributed by atoms with E-state index in [2.05, 4.69) is 18.6 Å². The minimum Gasteiger partial charge on any atom is -0.208 e. The van der Waals surface area contributed by atoms with Crippen molar-refractivity contribution in [2.45, 2.75) is 57.9 Å². The number of nitriles is 1. The molecule has 0 amide bonds. The van der Waals surface area contributed by atoms with Gasteiger partial charge >= 0.3 is 0 Å². The standard InChI is InChI=1S/C16H24N2O2S/c1-12(2)6-5-7-14(4)18-21(19,20)16-10-15(11-17)9-8-13(16)3/h8-10,12,14,18H,5-7H2,1-4H3. The third-order valence-corrected chi connectivity index (χ3v) is 5.11. The first-order valence-corrected chi connectivity index (χ1v) is 8.77. The monoisotopic (exact) mass is 308 g/mol. The number of sulfonamides is 1. The summed E-state index contributed by atoms with van der Waals surface area (Å²) in [7, 11) is -3.57. The Bertz CT molecular complexity index is 616. The number of hydrogen-bond donors (Lipinski definition) is 1. The smallest absolute Gasteiger partial charge is 0.208 e. The fourth-order valence-corrected chi connectivity index (χ4v) is 3.73. The van der Waals surface area contributed by atoms with E-state index in [1.165, 1.54) is 6.07 Å². The zero-order chi connectivity index (χ0) is 16.0. The zero-order valence-electron chi connectivity index (χ0n) is 13.2. The van der Waals surface area contributed by atoms with Crippen LogP contribution in [0.4, 0.5) is 0 Å². The van der Waals surface area contributed by atoms with Gasteiger partial charge in [-0.1, -0.05) is 32.8 Å². The second kappa shape index (κ2) is 7.58. The number of nitrogens with zero attached hydrogens (tertiary/aromatic N) is 1. The summed E-state index contributed by atoms with van der Waals surface area (Å²) in [5.41, 5.74) is 1.00. The van der Waals surface area contributed by atoms with E-state index in [-0.39, 0.29) is 10.9 Å². The Morgan fingerprint density at radius 2 is 1.90 bits per heavy atom. The molecule has 1 atom stereocenters. The van der Waals surface area contributed by atoms with Crippen LogP contribution < -0.4 is 4.72 Å². The maximum Gasteiger partial charge on any atom is 0.241 e. The van der Waals surface area contributed by atoms with Crippen molar-refractivity contribution in [1.82, 2.24) is 4.72 Å². The Kier molecular flexibility index (Phi) is 6.38. The van der Waals surface area contributed by atoms with E-state index in [1.807, 2.05) is 13.0 Å². The third-order valence-electron chi connectivity index (χ3n) is 3.38. The van der Waals surface area contributed by atoms with Crippen LogP contribution in [-0.2, 0) is 10.0 Å². The second-order valence-electron chi connectivity index (χ2n) is 5.94. The summed E-state index contributed by atoms with van der Waals surface area (Å²) in [5, 5.41) is 8.90. The van der Waals surface area contributed by atoms with Gasteiger partial charge in [0, 0.05) is 6.04 Å². The summed E-state index contributed by atoms with van der Waals surface area (Å²) in [4.78, 5) is 0.192. The minimum atomic E-state index is -3.57. The fraction of sp³-hybridized carbons (Fsp3) is 0.562. The molecule has 0 heterocycles. The SMILES string of the molecule is Cc1ccc(C#N)cc1S(=O)(=O)NC(C)CCCC(C)C. The average molecular weight is 308 g/mol. The molecule has 0 aliphatic rings. The van der Waals surface area contributed by atoms with Gasteiger partial charge in [0.15, 0.2) is 0 Å². The van der Waals surface area contributed by atoms with E-state index < -0.39 is 10.0 Å². The highest BCUT2D eigenvalue weighted by Gasteiger charge is 2.20. The van der Waals surface area contributed by atoms with Gasteiger partial charge in [-0.3, -0.25) is 0 Å². The van der Waals surface area contributed by atoms with Crippen LogP contribution in [0.3, 0.4) is 0 Å². The van der Waals surface area contributed by atoms with Gasteiger partial charge in [0.1, 0.15) is 0 Å². The number of nitrogens with one attached hydrogen (secondary N) is 1. The molecule has 0 aliphatic carbocycles. The molecule has 0 radical (unpaired) electrons. The molecule has 116 valence electrons. The fourth-order valence-electron chi connectivity index (χ4n) is 2.18. The Morgan fingerprint density at radius 1 is 1.24 bits per heavy atom. The zero-order valence-corrected chi connectivity index (χ0v) is 14.0. The lowest BCUT2D eigenvalue weighted by Gasteiger charge is -2.16. The van der Waals surface area contributed by atoms with Crippen LogP contribution in [0.15, 0.2) is 23.1 Å². The molecule has 0 aliphatic heterocycles. The molecule has 0 bridgehead atoms. The van der Waals surface area contributed by atoms with Crippen LogP contribution in [-0.4, -0.2) is 14.5 Å². The lowest BCUT2D eigenvalue weighted by atomic mass is 10.0.